The molecule has 0 saturated carbocycles. The highest BCUT2D eigenvalue weighted by molar-refractivity contribution is 9.10. The lowest BCUT2D eigenvalue weighted by atomic mass is 9.89. The van der Waals surface area contributed by atoms with Gasteiger partial charge in [-0.3, -0.25) is 9.69 Å². The number of likely N-dealkylation sites (tertiary alicyclic amines) is 1. The van der Waals surface area contributed by atoms with Crippen LogP contribution in [0.4, 0.5) is 0 Å². The summed E-state index contributed by atoms with van der Waals surface area (Å²) in [5, 5.41) is 9.25. The zero-order valence-electron chi connectivity index (χ0n) is 13.8. The van der Waals surface area contributed by atoms with Gasteiger partial charge in [0.2, 0.25) is 0 Å². The van der Waals surface area contributed by atoms with E-state index in [0.717, 1.165) is 17.6 Å². The van der Waals surface area contributed by atoms with Crippen LogP contribution < -0.4 is 0 Å². The summed E-state index contributed by atoms with van der Waals surface area (Å²) in [7, 11) is 0. The van der Waals surface area contributed by atoms with Crippen LogP contribution in [0.15, 0.2) is 53.0 Å². The second kappa shape index (κ2) is 7.49. The molecule has 1 unspecified atom stereocenters. The van der Waals surface area contributed by atoms with Gasteiger partial charge in [0.1, 0.15) is 0 Å². The number of aryl methyl sites for hydroxylation is 1. The van der Waals surface area contributed by atoms with Crippen LogP contribution in [0, 0.1) is 12.8 Å². The molecule has 4 heteroatoms. The predicted molar refractivity (Wildman–Crippen MR) is 99.1 cm³/mol. The number of carbonyl (C=O) groups is 1. The molecule has 0 radical (unpaired) electrons. The highest BCUT2D eigenvalue weighted by Gasteiger charge is 2.30. The van der Waals surface area contributed by atoms with Crippen LogP contribution >= 0.6 is 15.9 Å². The molecule has 24 heavy (non-hydrogen) atoms. The smallest absolute Gasteiger partial charge is 0.306 e. The number of aliphatic carboxylic acids is 1. The zero-order chi connectivity index (χ0) is 17.1. The fraction of sp³-hybridized carbons (Fsp3) is 0.350. The Kier molecular flexibility index (Phi) is 5.36. The van der Waals surface area contributed by atoms with Crippen molar-refractivity contribution in [3.8, 4) is 0 Å². The van der Waals surface area contributed by atoms with Gasteiger partial charge in [-0.15, -0.1) is 0 Å². The van der Waals surface area contributed by atoms with Crippen LogP contribution in [-0.4, -0.2) is 29.1 Å². The molecule has 3 nitrogen and oxygen atoms in total. The Morgan fingerprint density at radius 1 is 1.17 bits per heavy atom. The monoisotopic (exact) mass is 387 g/mol. The standard InChI is InChI=1S/C20H22BrNO2/c1-14-5-2-3-8-18(14)19(16-6-4-7-17(21)13-16)22-11-9-15(10-12-22)20(23)24/h2-8,13,15,19H,9-12H2,1H3,(H,23,24). The average Bonchev–Trinajstić information content (AvgIpc) is 2.57. The van der Waals surface area contributed by atoms with Gasteiger partial charge in [-0.2, -0.15) is 0 Å². The van der Waals surface area contributed by atoms with Gasteiger partial charge in [-0.05, 0) is 61.7 Å². The summed E-state index contributed by atoms with van der Waals surface area (Å²) in [6.07, 6.45) is 1.43. The Balaban J connectivity index is 1.95. The molecule has 2 aromatic carbocycles. The Morgan fingerprint density at radius 3 is 2.50 bits per heavy atom. The minimum absolute atomic E-state index is 0.165. The number of halogens is 1. The summed E-state index contributed by atoms with van der Waals surface area (Å²) in [6.45, 7) is 3.76. The Labute approximate surface area is 151 Å². The van der Waals surface area contributed by atoms with E-state index in [-0.39, 0.29) is 12.0 Å². The van der Waals surface area contributed by atoms with E-state index in [0.29, 0.717) is 12.8 Å². The molecular formula is C20H22BrNO2. The van der Waals surface area contributed by atoms with Crippen LogP contribution in [-0.2, 0) is 4.79 Å². The van der Waals surface area contributed by atoms with Gasteiger partial charge in [-0.25, -0.2) is 0 Å². The number of rotatable bonds is 4. The highest BCUT2D eigenvalue weighted by Crippen LogP contribution is 2.34. The second-order valence-electron chi connectivity index (χ2n) is 6.46. The van der Waals surface area contributed by atoms with Gasteiger partial charge in [-0.1, -0.05) is 52.3 Å². The van der Waals surface area contributed by atoms with Crippen LogP contribution in [0.2, 0.25) is 0 Å². The third-order valence-electron chi connectivity index (χ3n) is 4.89. The minimum Gasteiger partial charge on any atom is -0.481 e. The van der Waals surface area contributed by atoms with Crippen molar-refractivity contribution in [2.75, 3.05) is 13.1 Å². The molecule has 0 bridgehead atoms. The van der Waals surface area contributed by atoms with E-state index in [2.05, 4.69) is 70.2 Å². The maximum atomic E-state index is 11.2. The van der Waals surface area contributed by atoms with Crippen molar-refractivity contribution < 1.29 is 9.90 Å². The number of carboxylic acids is 1. The summed E-state index contributed by atoms with van der Waals surface area (Å²) < 4.78 is 1.07. The number of piperidine rings is 1. The van der Waals surface area contributed by atoms with Crippen molar-refractivity contribution in [1.82, 2.24) is 4.90 Å². The Bertz CT molecular complexity index is 723. The van der Waals surface area contributed by atoms with Crippen molar-refractivity contribution in [3.05, 3.63) is 69.7 Å². The van der Waals surface area contributed by atoms with E-state index < -0.39 is 5.97 Å². The van der Waals surface area contributed by atoms with Gasteiger partial charge >= 0.3 is 5.97 Å². The topological polar surface area (TPSA) is 40.5 Å². The molecule has 0 aliphatic carbocycles. The lowest BCUT2D eigenvalue weighted by Crippen LogP contribution is -2.39. The van der Waals surface area contributed by atoms with Gasteiger partial charge in [0.15, 0.2) is 0 Å². The highest BCUT2D eigenvalue weighted by atomic mass is 79.9. The zero-order valence-corrected chi connectivity index (χ0v) is 15.4. The molecule has 0 amide bonds. The average molecular weight is 388 g/mol. The van der Waals surface area contributed by atoms with Gasteiger partial charge in [0, 0.05) is 4.47 Å². The van der Waals surface area contributed by atoms with E-state index in [4.69, 9.17) is 0 Å². The first-order valence-electron chi connectivity index (χ1n) is 8.34. The van der Waals surface area contributed by atoms with E-state index in [1.165, 1.54) is 16.7 Å². The van der Waals surface area contributed by atoms with Crippen molar-refractivity contribution in [2.24, 2.45) is 5.92 Å². The van der Waals surface area contributed by atoms with Crippen molar-refractivity contribution >= 4 is 21.9 Å². The fourth-order valence-corrected chi connectivity index (χ4v) is 3.98. The van der Waals surface area contributed by atoms with Crippen LogP contribution in [0.5, 0.6) is 0 Å². The summed E-state index contributed by atoms with van der Waals surface area (Å²) in [5.41, 5.74) is 3.81. The summed E-state index contributed by atoms with van der Waals surface area (Å²) in [6, 6.07) is 17.1. The Morgan fingerprint density at radius 2 is 1.88 bits per heavy atom. The van der Waals surface area contributed by atoms with Crippen LogP contribution in [0.1, 0.15) is 35.6 Å². The quantitative estimate of drug-likeness (QED) is 0.830. The maximum Gasteiger partial charge on any atom is 0.306 e. The lowest BCUT2D eigenvalue weighted by Gasteiger charge is -2.37. The summed E-state index contributed by atoms with van der Waals surface area (Å²) in [5.74, 6) is -0.870. The molecule has 1 atom stereocenters. The third-order valence-corrected chi connectivity index (χ3v) is 5.38. The van der Waals surface area contributed by atoms with E-state index in [1.807, 2.05) is 6.07 Å². The number of hydrogen-bond acceptors (Lipinski definition) is 2. The molecule has 1 aliphatic heterocycles. The molecule has 0 spiro atoms. The van der Waals surface area contributed by atoms with E-state index >= 15 is 0 Å². The first kappa shape index (κ1) is 17.2. The molecule has 1 N–H and O–H groups in total. The molecule has 0 aromatic heterocycles. The first-order chi connectivity index (χ1) is 11.6. The molecular weight excluding hydrogens is 366 g/mol. The van der Waals surface area contributed by atoms with Crippen LogP contribution in [0.25, 0.3) is 0 Å². The van der Waals surface area contributed by atoms with Gasteiger partial charge in [0.05, 0.1) is 12.0 Å². The number of benzene rings is 2. The molecule has 3 rings (SSSR count). The number of hydrogen-bond donors (Lipinski definition) is 1. The normalized spacial score (nSPS) is 17.6. The molecule has 1 aliphatic rings. The Hall–Kier alpha value is -1.65. The molecule has 1 heterocycles. The maximum absolute atomic E-state index is 11.2. The van der Waals surface area contributed by atoms with E-state index in [1.54, 1.807) is 0 Å². The van der Waals surface area contributed by atoms with Crippen molar-refractivity contribution in [1.29, 1.82) is 0 Å². The van der Waals surface area contributed by atoms with Gasteiger partial charge < -0.3 is 5.11 Å². The fourth-order valence-electron chi connectivity index (χ4n) is 3.56. The largest absolute Gasteiger partial charge is 0.481 e. The second-order valence-corrected chi connectivity index (χ2v) is 7.38. The summed E-state index contributed by atoms with van der Waals surface area (Å²) >= 11 is 3.58. The van der Waals surface area contributed by atoms with E-state index in [9.17, 15) is 9.90 Å². The minimum atomic E-state index is -0.662. The van der Waals surface area contributed by atoms with Crippen LogP contribution in [0.3, 0.4) is 0 Å². The number of carboxylic acid groups (broad SMARTS) is 1. The summed E-state index contributed by atoms with van der Waals surface area (Å²) in [4.78, 5) is 13.7. The third kappa shape index (κ3) is 3.70. The molecule has 126 valence electrons. The van der Waals surface area contributed by atoms with Crippen molar-refractivity contribution in [3.63, 3.8) is 0 Å². The molecule has 1 saturated heterocycles. The number of nitrogens with zero attached hydrogens (tertiary/aromatic N) is 1. The molecule has 2 aromatic rings. The predicted octanol–water partition coefficient (Wildman–Crippen LogP) is 4.64. The first-order valence-corrected chi connectivity index (χ1v) is 9.13. The SMILES string of the molecule is Cc1ccccc1C(c1cccc(Br)c1)N1CCC(C(=O)O)CC1. The molecule has 1 fully saturated rings. The van der Waals surface area contributed by atoms with Crippen molar-refractivity contribution in [2.45, 2.75) is 25.8 Å². The lowest BCUT2D eigenvalue weighted by molar-refractivity contribution is -0.143. The van der Waals surface area contributed by atoms with Gasteiger partial charge in [0.25, 0.3) is 0 Å².